The highest BCUT2D eigenvalue weighted by Crippen LogP contribution is 2.31. The molecule has 0 aliphatic rings. The van der Waals surface area contributed by atoms with Crippen LogP contribution in [0.25, 0.3) is 11.1 Å². The fourth-order valence-electron chi connectivity index (χ4n) is 6.70. The molecular weight excluding hydrogens is 1180 g/mol. The van der Waals surface area contributed by atoms with Crippen molar-refractivity contribution < 1.29 is 67.5 Å². The van der Waals surface area contributed by atoms with Crippen LogP contribution in [0.15, 0.2) is 196 Å². The van der Waals surface area contributed by atoms with Crippen molar-refractivity contribution in [1.82, 2.24) is 0 Å². The Morgan fingerprint density at radius 1 is 0.427 bits per heavy atom. The molecule has 3 N–H and O–H groups in total. The number of aromatic hydroxyl groups is 1. The number of benzene rings is 7. The molecule has 0 aliphatic carbocycles. The van der Waals surface area contributed by atoms with Crippen LogP contribution < -0.4 is 14.2 Å². The van der Waals surface area contributed by atoms with Gasteiger partial charge in [-0.05, 0) is 180 Å². The van der Waals surface area contributed by atoms with Gasteiger partial charge in [-0.25, -0.2) is 19.2 Å². The van der Waals surface area contributed by atoms with E-state index in [0.29, 0.717) is 57.8 Å². The van der Waals surface area contributed by atoms with Crippen molar-refractivity contribution in [2.75, 3.05) is 28.4 Å². The lowest BCUT2D eigenvalue weighted by molar-refractivity contribution is 0.0591. The summed E-state index contributed by atoms with van der Waals surface area (Å²) in [5, 5.41) is 25.7. The second-order valence-electron chi connectivity index (χ2n) is 17.4. The second kappa shape index (κ2) is 36.9. The molecule has 0 unspecified atom stereocenters. The molecule has 0 fully saturated rings. The zero-order valence-corrected chi connectivity index (χ0v) is 50.8. The van der Waals surface area contributed by atoms with Crippen molar-refractivity contribution in [2.45, 2.75) is 61.4 Å². The van der Waals surface area contributed by atoms with Crippen molar-refractivity contribution >= 4 is 74.0 Å². The minimum atomic E-state index is -1.27. The van der Waals surface area contributed by atoms with Crippen molar-refractivity contribution in [3.8, 4) is 23.0 Å². The Bertz CT molecular complexity index is 3110. The first kappa shape index (κ1) is 68.1. The van der Waals surface area contributed by atoms with Crippen LogP contribution in [0.3, 0.4) is 0 Å². The summed E-state index contributed by atoms with van der Waals surface area (Å²) >= 11 is 6.47. The first-order valence-electron chi connectivity index (χ1n) is 25.5. The minimum Gasteiger partial charge on any atom is -0.507 e. The molecule has 430 valence electrons. The van der Waals surface area contributed by atoms with Gasteiger partial charge in [-0.15, -0.1) is 0 Å². The quantitative estimate of drug-likeness (QED) is 0.0470. The number of halogens is 2. The van der Waals surface area contributed by atoms with E-state index < -0.39 is 13.1 Å². The molecule has 0 heterocycles. The van der Waals surface area contributed by atoms with Crippen LogP contribution in [0.5, 0.6) is 23.0 Å². The lowest BCUT2D eigenvalue weighted by Crippen LogP contribution is -2.12. The number of phenols is 1. The fraction of sp³-hybridized carbons (Fsp3) is 0.200. The predicted molar refractivity (Wildman–Crippen MR) is 329 cm³/mol. The van der Waals surface area contributed by atoms with Gasteiger partial charge >= 0.3 is 31.0 Å². The molecule has 17 heteroatoms. The van der Waals surface area contributed by atoms with E-state index >= 15 is 0 Å². The molecule has 82 heavy (non-hydrogen) atoms. The maximum atomic E-state index is 11.7. The molecule has 7 aromatic carbocycles. The molecule has 14 nitrogen and oxygen atoms in total. The Morgan fingerprint density at radius 3 is 1.01 bits per heavy atom. The zero-order valence-electron chi connectivity index (χ0n) is 47.6. The number of hydrogen-bond donors (Lipinski definition) is 3. The average Bonchev–Trinajstić information content (AvgIpc) is 3.58. The number of allylic oxidation sites excluding steroid dienone is 6. The van der Waals surface area contributed by atoms with Gasteiger partial charge in [-0.2, -0.15) is 0 Å². The summed E-state index contributed by atoms with van der Waals surface area (Å²) in [7, 11) is 4.15. The molecule has 0 saturated carbocycles. The topological polar surface area (TPSA) is 194 Å². The maximum absolute atomic E-state index is 11.7. The van der Waals surface area contributed by atoms with E-state index in [4.69, 9.17) is 38.8 Å². The van der Waals surface area contributed by atoms with Crippen LogP contribution in [0.4, 0.5) is 0 Å². The van der Waals surface area contributed by atoms with Gasteiger partial charge in [0.2, 0.25) is 0 Å². The highest BCUT2D eigenvalue weighted by atomic mass is 79.9. The fourth-order valence-corrected chi connectivity index (χ4v) is 7.57. The highest BCUT2D eigenvalue weighted by molar-refractivity contribution is 9.11. The molecule has 0 radical (unpaired) electrons. The van der Waals surface area contributed by atoms with Gasteiger partial charge < -0.3 is 48.3 Å². The summed E-state index contributed by atoms with van der Waals surface area (Å²) in [6.07, 6.45) is 5.64. The lowest BCUT2D eigenvalue weighted by atomic mass is 9.81. The standard InChI is InChI=1S/2C19H20O3.C15H13BrO3.C8H7BrO3.C4H9BO2/c2*1-4-14(2)17-12-16(19(20)21-3)10-11-18(17)22-13-15-8-6-5-7-9-15;1-18-15(17)12-7-8-14(13(16)9-12)19-10-11-5-3-2-4-6-11;1-12-8(11)5-2-3-7(10)6(9)4-5;1-3-4(2)5(6)7/h2*4-12H,13H2,1-3H3;2-9H,10H2,1H3;2-4,10H,1H3;3,6-7H,1-2H3/b2*14-4-;;;4-3-. The third-order valence-corrected chi connectivity index (χ3v) is 13.1. The smallest absolute Gasteiger partial charge is 0.483 e. The van der Waals surface area contributed by atoms with E-state index in [9.17, 15) is 19.2 Å². The Morgan fingerprint density at radius 2 is 0.732 bits per heavy atom. The monoisotopic (exact) mass is 1240 g/mol. The number of ether oxygens (including phenoxy) is 7. The molecule has 0 aromatic heterocycles. The van der Waals surface area contributed by atoms with Crippen molar-refractivity contribution in [1.29, 1.82) is 0 Å². The van der Waals surface area contributed by atoms with Gasteiger partial charge in [0.15, 0.2) is 0 Å². The lowest BCUT2D eigenvalue weighted by Gasteiger charge is -2.13. The average molecular weight is 1240 g/mol. The van der Waals surface area contributed by atoms with Crippen molar-refractivity contribution in [2.24, 2.45) is 0 Å². The van der Waals surface area contributed by atoms with Crippen LogP contribution in [-0.4, -0.2) is 74.6 Å². The summed E-state index contributed by atoms with van der Waals surface area (Å²) in [5.41, 5.74) is 9.71. The third kappa shape index (κ3) is 23.1. The van der Waals surface area contributed by atoms with Gasteiger partial charge in [0, 0.05) is 11.1 Å². The number of methoxy groups -OCH3 is 4. The van der Waals surface area contributed by atoms with Gasteiger partial charge in [-0.1, -0.05) is 109 Å². The molecule has 0 saturated heterocycles. The number of rotatable bonds is 16. The summed E-state index contributed by atoms with van der Waals surface area (Å²) in [6.45, 7) is 12.8. The van der Waals surface area contributed by atoms with Gasteiger partial charge in [0.1, 0.15) is 42.8 Å². The molecule has 0 atom stereocenters. The number of hydrogen-bond acceptors (Lipinski definition) is 14. The second-order valence-corrected chi connectivity index (χ2v) is 19.1. The van der Waals surface area contributed by atoms with Crippen LogP contribution in [0.2, 0.25) is 0 Å². The largest absolute Gasteiger partial charge is 0.507 e. The number of esters is 4. The summed E-state index contributed by atoms with van der Waals surface area (Å²) in [6, 6.07) is 50.1. The first-order chi connectivity index (χ1) is 39.3. The minimum absolute atomic E-state index is 0.0997. The zero-order chi connectivity index (χ0) is 60.6. The Balaban J connectivity index is 0.000000280. The van der Waals surface area contributed by atoms with Gasteiger partial charge in [-0.3, -0.25) is 0 Å². The van der Waals surface area contributed by atoms with E-state index in [1.807, 2.05) is 155 Å². The van der Waals surface area contributed by atoms with Crippen molar-refractivity contribution in [3.63, 3.8) is 0 Å². The predicted octanol–water partition coefficient (Wildman–Crippen LogP) is 14.7. The van der Waals surface area contributed by atoms with E-state index in [0.717, 1.165) is 54.9 Å². The molecule has 0 bridgehead atoms. The first-order valence-corrected chi connectivity index (χ1v) is 27.1. The molecule has 0 aliphatic heterocycles. The van der Waals surface area contributed by atoms with Crippen LogP contribution in [0, 0.1) is 0 Å². The van der Waals surface area contributed by atoms with Gasteiger partial charge in [0.25, 0.3) is 0 Å². The maximum Gasteiger partial charge on any atom is 0.483 e. The third-order valence-electron chi connectivity index (χ3n) is 11.8. The van der Waals surface area contributed by atoms with E-state index in [1.54, 1.807) is 50.3 Å². The Hall–Kier alpha value is -8.22. The Labute approximate surface area is 498 Å². The van der Waals surface area contributed by atoms with E-state index in [-0.39, 0.29) is 23.7 Å². The van der Waals surface area contributed by atoms with Crippen LogP contribution in [-0.2, 0) is 38.8 Å². The number of carbonyl (C=O) groups excluding carboxylic acids is 4. The van der Waals surface area contributed by atoms with Crippen LogP contribution >= 0.6 is 31.9 Å². The SMILES string of the molecule is C/C=C(/C)B(O)O.C/C=C(/C)c1cc(C(=O)OC)ccc1OCc1ccccc1.C/C=C(/C)c1cc(C(=O)OC)ccc1OCc1ccccc1.COC(=O)c1ccc(O)c(Br)c1.COC(=O)c1ccc(OCc2ccccc2)c(Br)c1. The summed E-state index contributed by atoms with van der Waals surface area (Å²) in [4.78, 5) is 45.7. The summed E-state index contributed by atoms with van der Waals surface area (Å²) < 4.78 is 37.4. The summed E-state index contributed by atoms with van der Waals surface area (Å²) in [5.74, 6) is 0.823. The number of phenolic OH excluding ortho intramolecular Hbond substituents is 1. The van der Waals surface area contributed by atoms with Gasteiger partial charge in [0.05, 0.1) is 59.6 Å². The molecule has 7 rings (SSSR count). The highest BCUT2D eigenvalue weighted by Gasteiger charge is 2.15. The van der Waals surface area contributed by atoms with E-state index in [2.05, 4.69) is 41.3 Å². The Kier molecular flexibility index (Phi) is 30.6. The molecule has 7 aromatic rings. The molecular formula is C65H69BBr2O14. The van der Waals surface area contributed by atoms with Crippen LogP contribution in [0.1, 0.15) is 111 Å². The normalized spacial score (nSPS) is 10.7. The van der Waals surface area contributed by atoms with Crippen molar-refractivity contribution in [3.05, 3.63) is 247 Å². The molecule has 0 amide bonds. The number of carbonyl (C=O) groups is 4. The molecule has 0 spiro atoms. The van der Waals surface area contributed by atoms with E-state index in [1.165, 1.54) is 46.6 Å².